The Morgan fingerprint density at radius 2 is 1.55 bits per heavy atom. The van der Waals surface area contributed by atoms with E-state index in [1.54, 1.807) is 0 Å². The first-order valence-electron chi connectivity index (χ1n) is 11.7. The van der Waals surface area contributed by atoms with E-state index < -0.39 is 0 Å². The van der Waals surface area contributed by atoms with Gasteiger partial charge in [0.15, 0.2) is 17.5 Å². The van der Waals surface area contributed by atoms with Crippen LogP contribution in [-0.2, 0) is 0 Å². The highest BCUT2D eigenvalue weighted by molar-refractivity contribution is 6.16. The summed E-state index contributed by atoms with van der Waals surface area (Å²) < 4.78 is 3.20. The number of aryl methyl sites for hydroxylation is 2. The van der Waals surface area contributed by atoms with E-state index in [1.807, 2.05) is 0 Å². The van der Waals surface area contributed by atoms with Crippen molar-refractivity contribution in [1.82, 2.24) is 9.05 Å². The lowest BCUT2D eigenvalue weighted by molar-refractivity contribution is 0.383. The van der Waals surface area contributed by atoms with E-state index in [9.17, 15) is 0 Å². The summed E-state index contributed by atoms with van der Waals surface area (Å²) in [6.45, 7) is 6.78. The van der Waals surface area contributed by atoms with E-state index in [0.717, 1.165) is 4.48 Å². The Hall–Kier alpha value is -3.56. The topological polar surface area (TPSA) is 8.17 Å². The minimum absolute atomic E-state index is 0.285. The van der Waals surface area contributed by atoms with E-state index in [1.165, 1.54) is 55.7 Å². The molecule has 3 heteroatoms. The standard InChI is InChI=1S/C30H30N3/c1-20-11-10-12-23(19-20)32-25-14-7-6-13-24(25)29-27(32)18-17-21(2)30(29)33(5)22(3)31(4)26-15-8-9-16-28(26)33/h6-19,22H,1-5H3/q+1. The van der Waals surface area contributed by atoms with Crippen molar-refractivity contribution in [2.45, 2.75) is 26.9 Å². The van der Waals surface area contributed by atoms with Gasteiger partial charge in [0.25, 0.3) is 0 Å². The molecule has 164 valence electrons. The third-order valence-corrected chi connectivity index (χ3v) is 7.81. The van der Waals surface area contributed by atoms with Gasteiger partial charge in [0.2, 0.25) is 0 Å². The summed E-state index contributed by atoms with van der Waals surface area (Å²) in [5.74, 6) is 0. The van der Waals surface area contributed by atoms with Crippen LogP contribution >= 0.6 is 0 Å². The van der Waals surface area contributed by atoms with Gasteiger partial charge in [-0.2, -0.15) is 0 Å². The Morgan fingerprint density at radius 3 is 2.36 bits per heavy atom. The summed E-state index contributed by atoms with van der Waals surface area (Å²) in [7, 11) is 4.60. The monoisotopic (exact) mass is 432 g/mol. The molecule has 5 aromatic rings. The average molecular weight is 433 g/mol. The Balaban J connectivity index is 1.78. The van der Waals surface area contributed by atoms with Gasteiger partial charge in [0.1, 0.15) is 5.69 Å². The zero-order chi connectivity index (χ0) is 22.9. The number of hydrogen-bond acceptors (Lipinski definition) is 1. The Morgan fingerprint density at radius 1 is 0.788 bits per heavy atom. The van der Waals surface area contributed by atoms with Gasteiger partial charge in [-0.05, 0) is 49.7 Å². The molecular weight excluding hydrogens is 402 g/mol. The fraction of sp³-hybridized carbons (Fsp3) is 0.200. The maximum atomic E-state index is 2.43. The Kier molecular flexibility index (Phi) is 4.24. The van der Waals surface area contributed by atoms with Gasteiger partial charge in [-0.15, -0.1) is 0 Å². The summed E-state index contributed by atoms with van der Waals surface area (Å²) in [6, 6.07) is 31.2. The summed E-state index contributed by atoms with van der Waals surface area (Å²) in [5, 5.41) is 2.66. The fourth-order valence-electron chi connectivity index (χ4n) is 6.00. The van der Waals surface area contributed by atoms with E-state index >= 15 is 0 Å². The van der Waals surface area contributed by atoms with Crippen molar-refractivity contribution in [3.05, 3.63) is 96.1 Å². The maximum Gasteiger partial charge on any atom is 0.171 e. The average Bonchev–Trinajstić information content (AvgIpc) is 3.25. The molecule has 6 rings (SSSR count). The summed E-state index contributed by atoms with van der Waals surface area (Å²) in [4.78, 5) is 2.42. The van der Waals surface area contributed by atoms with Gasteiger partial charge in [0.05, 0.1) is 23.5 Å². The highest BCUT2D eigenvalue weighted by Crippen LogP contribution is 2.53. The summed E-state index contributed by atoms with van der Waals surface area (Å²) in [5.41, 5.74) is 10.4. The van der Waals surface area contributed by atoms with Gasteiger partial charge in [-0.25, -0.2) is 4.48 Å². The van der Waals surface area contributed by atoms with E-state index in [-0.39, 0.29) is 6.17 Å². The van der Waals surface area contributed by atoms with Crippen molar-refractivity contribution in [3.8, 4) is 5.69 Å². The number of anilines is 1. The normalized spacial score (nSPS) is 20.0. The minimum Gasteiger partial charge on any atom is -0.320 e. The zero-order valence-corrected chi connectivity index (χ0v) is 20.0. The first-order valence-corrected chi connectivity index (χ1v) is 11.7. The molecule has 0 saturated carbocycles. The summed E-state index contributed by atoms with van der Waals surface area (Å²) >= 11 is 0. The molecule has 2 atom stereocenters. The Bertz CT molecular complexity index is 1540. The predicted octanol–water partition coefficient (Wildman–Crippen LogP) is 7.47. The van der Waals surface area contributed by atoms with Crippen molar-refractivity contribution >= 4 is 38.9 Å². The van der Waals surface area contributed by atoms with E-state index in [0.29, 0.717) is 0 Å². The number of para-hydroxylation sites is 3. The number of hydrogen-bond donors (Lipinski definition) is 0. The second kappa shape index (κ2) is 6.97. The number of quaternary nitrogens is 1. The van der Waals surface area contributed by atoms with Crippen LogP contribution in [0, 0.1) is 13.8 Å². The predicted molar refractivity (Wildman–Crippen MR) is 142 cm³/mol. The second-order valence-corrected chi connectivity index (χ2v) is 9.62. The number of fused-ring (bicyclic) bond motifs is 4. The van der Waals surface area contributed by atoms with Crippen LogP contribution in [-0.4, -0.2) is 24.8 Å². The molecule has 0 radical (unpaired) electrons. The number of rotatable bonds is 2. The van der Waals surface area contributed by atoms with Crippen LogP contribution in [0.2, 0.25) is 0 Å². The van der Waals surface area contributed by atoms with Crippen LogP contribution < -0.4 is 9.38 Å². The molecule has 0 amide bonds. The van der Waals surface area contributed by atoms with Crippen LogP contribution in [0.5, 0.6) is 0 Å². The molecule has 0 bridgehead atoms. The molecule has 4 aromatic carbocycles. The second-order valence-electron chi connectivity index (χ2n) is 9.62. The molecule has 0 saturated heterocycles. The number of nitrogens with zero attached hydrogens (tertiary/aromatic N) is 3. The van der Waals surface area contributed by atoms with Gasteiger partial charge in [-0.1, -0.05) is 48.5 Å². The highest BCUT2D eigenvalue weighted by Gasteiger charge is 2.48. The molecule has 0 spiro atoms. The van der Waals surface area contributed by atoms with E-state index in [4.69, 9.17) is 0 Å². The smallest absolute Gasteiger partial charge is 0.171 e. The van der Waals surface area contributed by atoms with Crippen LogP contribution in [0.15, 0.2) is 84.9 Å². The van der Waals surface area contributed by atoms with Gasteiger partial charge < -0.3 is 9.47 Å². The fourth-order valence-corrected chi connectivity index (χ4v) is 6.00. The van der Waals surface area contributed by atoms with Crippen LogP contribution in [0.1, 0.15) is 18.1 Å². The third kappa shape index (κ3) is 2.60. The molecule has 2 heterocycles. The first-order chi connectivity index (χ1) is 15.9. The molecule has 0 aliphatic carbocycles. The molecule has 0 fully saturated rings. The number of aromatic nitrogens is 1. The molecule has 3 nitrogen and oxygen atoms in total. The molecule has 33 heavy (non-hydrogen) atoms. The molecule has 1 aromatic heterocycles. The zero-order valence-electron chi connectivity index (χ0n) is 20.0. The molecule has 1 aliphatic rings. The van der Waals surface area contributed by atoms with E-state index in [2.05, 4.69) is 129 Å². The molecule has 2 unspecified atom stereocenters. The van der Waals surface area contributed by atoms with Crippen molar-refractivity contribution in [2.24, 2.45) is 0 Å². The number of benzene rings is 4. The Labute approximate surface area is 195 Å². The first kappa shape index (κ1) is 20.1. The van der Waals surface area contributed by atoms with Crippen LogP contribution in [0.3, 0.4) is 0 Å². The molecular formula is C30H30N3+. The molecule has 1 aliphatic heterocycles. The maximum absolute atomic E-state index is 2.43. The summed E-state index contributed by atoms with van der Waals surface area (Å²) in [6.07, 6.45) is 0.285. The highest BCUT2D eigenvalue weighted by atomic mass is 15.5. The SMILES string of the molecule is Cc1cccc(-n2c3ccccc3c3c([N+]4(C)c5ccccc5N(C)C4C)c(C)ccc32)c1. The third-order valence-electron chi connectivity index (χ3n) is 7.81. The van der Waals surface area contributed by atoms with Gasteiger partial charge in [0, 0.05) is 36.7 Å². The van der Waals surface area contributed by atoms with Gasteiger partial charge in [-0.3, -0.25) is 0 Å². The van der Waals surface area contributed by atoms with Crippen molar-refractivity contribution in [2.75, 3.05) is 19.0 Å². The van der Waals surface area contributed by atoms with Crippen LogP contribution in [0.4, 0.5) is 17.1 Å². The lowest BCUT2D eigenvalue weighted by Crippen LogP contribution is -2.50. The lowest BCUT2D eigenvalue weighted by Gasteiger charge is -2.36. The largest absolute Gasteiger partial charge is 0.320 e. The molecule has 0 N–H and O–H groups in total. The lowest BCUT2D eigenvalue weighted by atomic mass is 10.0. The van der Waals surface area contributed by atoms with Crippen molar-refractivity contribution in [1.29, 1.82) is 0 Å². The van der Waals surface area contributed by atoms with Crippen LogP contribution in [0.25, 0.3) is 27.5 Å². The quantitative estimate of drug-likeness (QED) is 0.263. The minimum atomic E-state index is 0.285. The van der Waals surface area contributed by atoms with Crippen molar-refractivity contribution in [3.63, 3.8) is 0 Å². The van der Waals surface area contributed by atoms with Gasteiger partial charge >= 0.3 is 0 Å². The van der Waals surface area contributed by atoms with Crippen molar-refractivity contribution < 1.29 is 0 Å².